The van der Waals surface area contributed by atoms with Crippen LogP contribution in [0.1, 0.15) is 32.4 Å². The molecule has 106 valence electrons. The molecule has 0 aliphatic heterocycles. The number of hydrogen-bond acceptors (Lipinski definition) is 3. The van der Waals surface area contributed by atoms with Gasteiger partial charge in [0, 0.05) is 6.42 Å². The number of nitrogens with one attached hydrogen (secondary N) is 1. The first-order chi connectivity index (χ1) is 8.92. The standard InChI is InChI=1S/C14H22ClN3O/c1-9(2)6-11(8-16)7-14(19)18-12-4-5-13(15)17-10(12)3/h4-5,9,11H,6-8,16H2,1-3H3,(H,18,19). The lowest BCUT2D eigenvalue weighted by Crippen LogP contribution is -2.23. The zero-order valence-corrected chi connectivity index (χ0v) is 12.5. The van der Waals surface area contributed by atoms with E-state index >= 15 is 0 Å². The number of halogens is 1. The van der Waals surface area contributed by atoms with E-state index in [1.165, 1.54) is 0 Å². The van der Waals surface area contributed by atoms with E-state index < -0.39 is 0 Å². The minimum absolute atomic E-state index is 0.0247. The predicted octanol–water partition coefficient (Wildman–Crippen LogP) is 2.99. The third-order valence-electron chi connectivity index (χ3n) is 2.94. The Hall–Kier alpha value is -1.13. The van der Waals surface area contributed by atoms with Crippen molar-refractivity contribution in [2.24, 2.45) is 17.6 Å². The number of aryl methyl sites for hydroxylation is 1. The molecular weight excluding hydrogens is 262 g/mol. The van der Waals surface area contributed by atoms with E-state index in [-0.39, 0.29) is 11.8 Å². The SMILES string of the molecule is Cc1nc(Cl)ccc1NC(=O)CC(CN)CC(C)C. The van der Waals surface area contributed by atoms with Gasteiger partial charge in [-0.2, -0.15) is 0 Å². The summed E-state index contributed by atoms with van der Waals surface area (Å²) in [6, 6.07) is 3.43. The Kier molecular flexibility index (Phi) is 6.25. The third kappa shape index (κ3) is 5.57. The summed E-state index contributed by atoms with van der Waals surface area (Å²) in [5, 5.41) is 3.29. The van der Waals surface area contributed by atoms with Crippen molar-refractivity contribution in [2.45, 2.75) is 33.6 Å². The molecule has 1 aromatic heterocycles. The second kappa shape index (κ2) is 7.46. The van der Waals surface area contributed by atoms with Crippen LogP contribution in [-0.4, -0.2) is 17.4 Å². The van der Waals surface area contributed by atoms with Crippen molar-refractivity contribution < 1.29 is 4.79 Å². The van der Waals surface area contributed by atoms with Crippen molar-refractivity contribution in [3.8, 4) is 0 Å². The monoisotopic (exact) mass is 283 g/mol. The number of rotatable bonds is 6. The largest absolute Gasteiger partial charge is 0.330 e. The normalized spacial score (nSPS) is 12.5. The van der Waals surface area contributed by atoms with Gasteiger partial charge in [0.25, 0.3) is 0 Å². The summed E-state index contributed by atoms with van der Waals surface area (Å²) in [5.41, 5.74) is 7.12. The lowest BCUT2D eigenvalue weighted by atomic mass is 9.94. The molecule has 0 saturated carbocycles. The fourth-order valence-corrected chi connectivity index (χ4v) is 2.25. The molecule has 1 heterocycles. The maximum Gasteiger partial charge on any atom is 0.224 e. The first kappa shape index (κ1) is 15.9. The Balaban J connectivity index is 2.59. The molecule has 0 spiro atoms. The second-order valence-electron chi connectivity index (χ2n) is 5.25. The summed E-state index contributed by atoms with van der Waals surface area (Å²) in [6.07, 6.45) is 1.40. The fourth-order valence-electron chi connectivity index (χ4n) is 2.06. The molecule has 1 aromatic rings. The zero-order chi connectivity index (χ0) is 14.4. The Labute approximate surface area is 119 Å². The predicted molar refractivity (Wildman–Crippen MR) is 79.2 cm³/mol. The van der Waals surface area contributed by atoms with Crippen LogP contribution in [0, 0.1) is 18.8 Å². The van der Waals surface area contributed by atoms with Gasteiger partial charge in [0.05, 0.1) is 11.4 Å². The topological polar surface area (TPSA) is 68.0 Å². The summed E-state index contributed by atoms with van der Waals surface area (Å²) >= 11 is 5.78. The minimum atomic E-state index is -0.0247. The molecule has 0 radical (unpaired) electrons. The van der Waals surface area contributed by atoms with Crippen LogP contribution in [0.2, 0.25) is 5.15 Å². The van der Waals surface area contributed by atoms with E-state index in [1.807, 2.05) is 6.92 Å². The van der Waals surface area contributed by atoms with Crippen molar-refractivity contribution >= 4 is 23.2 Å². The zero-order valence-electron chi connectivity index (χ0n) is 11.7. The molecule has 0 saturated heterocycles. The first-order valence-corrected chi connectivity index (χ1v) is 6.93. The van der Waals surface area contributed by atoms with Gasteiger partial charge in [-0.05, 0) is 43.9 Å². The van der Waals surface area contributed by atoms with E-state index in [2.05, 4.69) is 24.1 Å². The van der Waals surface area contributed by atoms with Crippen molar-refractivity contribution in [3.63, 3.8) is 0 Å². The molecule has 0 fully saturated rings. The van der Waals surface area contributed by atoms with Gasteiger partial charge in [-0.1, -0.05) is 25.4 Å². The lowest BCUT2D eigenvalue weighted by Gasteiger charge is -2.17. The first-order valence-electron chi connectivity index (χ1n) is 6.55. The molecule has 0 bridgehead atoms. The molecule has 3 N–H and O–H groups in total. The highest BCUT2D eigenvalue weighted by Crippen LogP contribution is 2.18. The number of nitrogens with zero attached hydrogens (tertiary/aromatic N) is 1. The molecule has 19 heavy (non-hydrogen) atoms. The van der Waals surface area contributed by atoms with Gasteiger partial charge >= 0.3 is 0 Å². The van der Waals surface area contributed by atoms with E-state index in [1.54, 1.807) is 12.1 Å². The minimum Gasteiger partial charge on any atom is -0.330 e. The Morgan fingerprint density at radius 1 is 1.47 bits per heavy atom. The number of nitrogens with two attached hydrogens (primary N) is 1. The van der Waals surface area contributed by atoms with E-state index in [9.17, 15) is 4.79 Å². The van der Waals surface area contributed by atoms with Crippen molar-refractivity contribution in [2.75, 3.05) is 11.9 Å². The summed E-state index contributed by atoms with van der Waals surface area (Å²) in [5.74, 6) is 0.740. The average Bonchev–Trinajstić information content (AvgIpc) is 2.31. The third-order valence-corrected chi connectivity index (χ3v) is 3.15. The number of amides is 1. The molecule has 0 aliphatic rings. The number of anilines is 1. The van der Waals surface area contributed by atoms with Crippen LogP contribution in [0.5, 0.6) is 0 Å². The van der Waals surface area contributed by atoms with Crippen molar-refractivity contribution in [1.29, 1.82) is 0 Å². The highest BCUT2D eigenvalue weighted by Gasteiger charge is 2.15. The van der Waals surface area contributed by atoms with Crippen LogP contribution < -0.4 is 11.1 Å². The van der Waals surface area contributed by atoms with Crippen LogP contribution in [0.4, 0.5) is 5.69 Å². The number of carbonyl (C=O) groups excluding carboxylic acids is 1. The molecule has 1 unspecified atom stereocenters. The van der Waals surface area contributed by atoms with E-state index in [4.69, 9.17) is 17.3 Å². The lowest BCUT2D eigenvalue weighted by molar-refractivity contribution is -0.117. The van der Waals surface area contributed by atoms with Crippen LogP contribution in [0.25, 0.3) is 0 Å². The highest BCUT2D eigenvalue weighted by molar-refractivity contribution is 6.29. The molecule has 0 aromatic carbocycles. The van der Waals surface area contributed by atoms with Gasteiger partial charge in [-0.25, -0.2) is 4.98 Å². The summed E-state index contributed by atoms with van der Waals surface area (Å²) in [6.45, 7) is 6.61. The van der Waals surface area contributed by atoms with Crippen LogP contribution >= 0.6 is 11.6 Å². The Bertz CT molecular complexity index is 435. The van der Waals surface area contributed by atoms with E-state index in [0.29, 0.717) is 35.4 Å². The average molecular weight is 284 g/mol. The van der Waals surface area contributed by atoms with Gasteiger partial charge in [-0.15, -0.1) is 0 Å². The summed E-state index contributed by atoms with van der Waals surface area (Å²) in [7, 11) is 0. The van der Waals surface area contributed by atoms with Crippen molar-refractivity contribution in [3.05, 3.63) is 23.0 Å². The van der Waals surface area contributed by atoms with E-state index in [0.717, 1.165) is 6.42 Å². The number of pyridine rings is 1. The Morgan fingerprint density at radius 2 is 2.16 bits per heavy atom. The highest BCUT2D eigenvalue weighted by atomic mass is 35.5. The smallest absolute Gasteiger partial charge is 0.224 e. The van der Waals surface area contributed by atoms with Crippen LogP contribution in [0.15, 0.2) is 12.1 Å². The molecule has 5 heteroatoms. The van der Waals surface area contributed by atoms with Crippen LogP contribution in [0.3, 0.4) is 0 Å². The molecular formula is C14H22ClN3O. The molecule has 4 nitrogen and oxygen atoms in total. The van der Waals surface area contributed by atoms with Gasteiger partial charge in [0.15, 0.2) is 0 Å². The number of aromatic nitrogens is 1. The summed E-state index contributed by atoms with van der Waals surface area (Å²) in [4.78, 5) is 16.1. The fraction of sp³-hybridized carbons (Fsp3) is 0.571. The second-order valence-corrected chi connectivity index (χ2v) is 5.64. The van der Waals surface area contributed by atoms with Gasteiger partial charge in [-0.3, -0.25) is 4.79 Å². The molecule has 0 aliphatic carbocycles. The molecule has 1 rings (SSSR count). The van der Waals surface area contributed by atoms with Crippen molar-refractivity contribution in [1.82, 2.24) is 4.98 Å². The van der Waals surface area contributed by atoms with Gasteiger partial charge in [0.1, 0.15) is 5.15 Å². The van der Waals surface area contributed by atoms with Crippen LogP contribution in [-0.2, 0) is 4.79 Å². The molecule has 1 atom stereocenters. The molecule has 1 amide bonds. The van der Waals surface area contributed by atoms with Gasteiger partial charge < -0.3 is 11.1 Å². The maximum absolute atomic E-state index is 12.0. The Morgan fingerprint density at radius 3 is 2.68 bits per heavy atom. The number of hydrogen-bond donors (Lipinski definition) is 2. The van der Waals surface area contributed by atoms with Gasteiger partial charge in [0.2, 0.25) is 5.91 Å². The maximum atomic E-state index is 12.0. The number of carbonyl (C=O) groups is 1. The quantitative estimate of drug-likeness (QED) is 0.789. The summed E-state index contributed by atoms with van der Waals surface area (Å²) < 4.78 is 0.